The van der Waals surface area contributed by atoms with Crippen molar-refractivity contribution in [3.8, 4) is 5.75 Å². The van der Waals surface area contributed by atoms with Crippen molar-refractivity contribution >= 4 is 35.6 Å². The van der Waals surface area contributed by atoms with Crippen LogP contribution in [0.5, 0.6) is 5.75 Å². The highest BCUT2D eigenvalue weighted by atomic mass is 127. The van der Waals surface area contributed by atoms with Crippen LogP contribution in [0.3, 0.4) is 0 Å². The third kappa shape index (κ3) is 8.02. The van der Waals surface area contributed by atoms with Gasteiger partial charge in [0.25, 0.3) is 0 Å². The molecule has 0 aromatic heterocycles. The van der Waals surface area contributed by atoms with E-state index in [1.165, 1.54) is 22.4 Å². The molecule has 2 rings (SSSR count). The summed E-state index contributed by atoms with van der Waals surface area (Å²) in [7, 11) is 7.56. The van der Waals surface area contributed by atoms with E-state index in [0.29, 0.717) is 26.3 Å². The quantitative estimate of drug-likeness (QED) is 0.225. The van der Waals surface area contributed by atoms with E-state index in [2.05, 4.69) is 84.9 Å². The first kappa shape index (κ1) is 26.0. The van der Waals surface area contributed by atoms with Gasteiger partial charge in [-0.1, -0.05) is 18.2 Å². The maximum absolute atomic E-state index is 5.87. The summed E-state index contributed by atoms with van der Waals surface area (Å²) >= 11 is 0. The second kappa shape index (κ2) is 13.3. The van der Waals surface area contributed by atoms with Crippen LogP contribution in [0.4, 0.5) is 5.69 Å². The number of halogens is 1. The standard InChI is InChI=1S/C23H34N4O2.HI/c1-17-7-8-20(22(13-17)29-12-11-28-6)16-26-23(24-3)25-15-19-9-10-21(27(4)5)14-18(19)2;/h7-10,13-14H,11-12,15-16H2,1-6H3,(H2,24,25,26);1H. The van der Waals surface area contributed by atoms with Crippen molar-refractivity contribution in [1.82, 2.24) is 10.6 Å². The number of aliphatic imine (C=N–C) groups is 1. The zero-order valence-corrected chi connectivity index (χ0v) is 21.2. The number of hydrogen-bond donors (Lipinski definition) is 2. The van der Waals surface area contributed by atoms with Gasteiger partial charge in [0.15, 0.2) is 5.96 Å². The maximum Gasteiger partial charge on any atom is 0.191 e. The van der Waals surface area contributed by atoms with Crippen molar-refractivity contribution in [2.45, 2.75) is 26.9 Å². The van der Waals surface area contributed by atoms with E-state index in [4.69, 9.17) is 9.47 Å². The second-order valence-corrected chi connectivity index (χ2v) is 7.24. The number of hydrogen-bond acceptors (Lipinski definition) is 4. The summed E-state index contributed by atoms with van der Waals surface area (Å²) in [5.41, 5.74) is 5.96. The molecule has 7 heteroatoms. The first-order valence-corrected chi connectivity index (χ1v) is 9.87. The molecule has 0 amide bonds. The molecule has 0 spiro atoms. The highest BCUT2D eigenvalue weighted by Crippen LogP contribution is 2.20. The lowest BCUT2D eigenvalue weighted by atomic mass is 10.1. The summed E-state index contributed by atoms with van der Waals surface area (Å²) in [5.74, 6) is 1.63. The summed E-state index contributed by atoms with van der Waals surface area (Å²) in [6.07, 6.45) is 0. The zero-order chi connectivity index (χ0) is 21.2. The maximum atomic E-state index is 5.87. The topological polar surface area (TPSA) is 58.1 Å². The predicted molar refractivity (Wildman–Crippen MR) is 137 cm³/mol. The van der Waals surface area contributed by atoms with Crippen LogP contribution >= 0.6 is 24.0 Å². The molecule has 166 valence electrons. The van der Waals surface area contributed by atoms with Crippen LogP contribution < -0.4 is 20.3 Å². The van der Waals surface area contributed by atoms with Crippen molar-refractivity contribution in [3.63, 3.8) is 0 Å². The van der Waals surface area contributed by atoms with Crippen molar-refractivity contribution in [2.75, 3.05) is 46.4 Å². The zero-order valence-electron chi connectivity index (χ0n) is 18.9. The molecule has 6 nitrogen and oxygen atoms in total. The van der Waals surface area contributed by atoms with Gasteiger partial charge in [-0.05, 0) is 48.7 Å². The molecule has 2 N–H and O–H groups in total. The molecule has 0 aliphatic heterocycles. The average molecular weight is 526 g/mol. The van der Waals surface area contributed by atoms with E-state index < -0.39 is 0 Å². The van der Waals surface area contributed by atoms with Crippen LogP contribution in [0.2, 0.25) is 0 Å². The molecule has 2 aromatic rings. The van der Waals surface area contributed by atoms with Gasteiger partial charge in [-0.2, -0.15) is 0 Å². The van der Waals surface area contributed by atoms with Crippen LogP contribution in [-0.4, -0.2) is 47.4 Å². The van der Waals surface area contributed by atoms with Crippen LogP contribution in [0.1, 0.15) is 22.3 Å². The van der Waals surface area contributed by atoms with E-state index in [1.54, 1.807) is 14.2 Å². The highest BCUT2D eigenvalue weighted by molar-refractivity contribution is 14.0. The minimum Gasteiger partial charge on any atom is -0.491 e. The van der Waals surface area contributed by atoms with Gasteiger partial charge >= 0.3 is 0 Å². The van der Waals surface area contributed by atoms with Crippen molar-refractivity contribution in [2.24, 2.45) is 4.99 Å². The van der Waals surface area contributed by atoms with E-state index >= 15 is 0 Å². The monoisotopic (exact) mass is 526 g/mol. The second-order valence-electron chi connectivity index (χ2n) is 7.24. The van der Waals surface area contributed by atoms with Crippen molar-refractivity contribution in [3.05, 3.63) is 58.7 Å². The minimum absolute atomic E-state index is 0. The molecule has 0 bridgehead atoms. The number of ether oxygens (including phenoxy) is 2. The molecule has 0 atom stereocenters. The van der Waals surface area contributed by atoms with Crippen LogP contribution in [0, 0.1) is 13.8 Å². The number of nitrogens with one attached hydrogen (secondary N) is 2. The Labute approximate surface area is 198 Å². The molecular formula is C23H35IN4O2. The number of methoxy groups -OCH3 is 1. The van der Waals surface area contributed by atoms with E-state index in [0.717, 1.165) is 17.3 Å². The van der Waals surface area contributed by atoms with E-state index in [1.807, 2.05) is 0 Å². The first-order chi connectivity index (χ1) is 13.9. The van der Waals surface area contributed by atoms with Crippen LogP contribution in [-0.2, 0) is 17.8 Å². The summed E-state index contributed by atoms with van der Waals surface area (Å²) in [6.45, 7) is 6.63. The molecule has 0 aliphatic rings. The Hall–Kier alpha value is -2.00. The molecule has 0 unspecified atom stereocenters. The Kier molecular flexibility index (Phi) is 11.6. The summed E-state index contributed by atoms with van der Waals surface area (Å²) < 4.78 is 11.0. The van der Waals surface area contributed by atoms with Gasteiger partial charge in [0.05, 0.1) is 6.61 Å². The Morgan fingerprint density at radius 2 is 1.63 bits per heavy atom. The van der Waals surface area contributed by atoms with E-state index in [-0.39, 0.29) is 24.0 Å². The van der Waals surface area contributed by atoms with Gasteiger partial charge in [-0.25, -0.2) is 0 Å². The van der Waals surface area contributed by atoms with Gasteiger partial charge in [-0.3, -0.25) is 4.99 Å². The molecular weight excluding hydrogens is 491 g/mol. The molecule has 0 radical (unpaired) electrons. The Morgan fingerprint density at radius 1 is 0.967 bits per heavy atom. The normalized spacial score (nSPS) is 10.9. The molecule has 0 aliphatic carbocycles. The fourth-order valence-corrected chi connectivity index (χ4v) is 2.91. The Bertz CT molecular complexity index is 825. The summed E-state index contributed by atoms with van der Waals surface area (Å²) in [6, 6.07) is 12.7. The number of anilines is 1. The lowest BCUT2D eigenvalue weighted by molar-refractivity contribution is 0.145. The average Bonchev–Trinajstić information content (AvgIpc) is 2.70. The van der Waals surface area contributed by atoms with Gasteiger partial charge in [-0.15, -0.1) is 24.0 Å². The van der Waals surface area contributed by atoms with Gasteiger partial charge in [0.2, 0.25) is 0 Å². The van der Waals surface area contributed by atoms with Gasteiger partial charge < -0.3 is 25.0 Å². The highest BCUT2D eigenvalue weighted by Gasteiger charge is 2.07. The lowest BCUT2D eigenvalue weighted by Crippen LogP contribution is -2.36. The predicted octanol–water partition coefficient (Wildman–Crippen LogP) is 3.88. The summed E-state index contributed by atoms with van der Waals surface area (Å²) in [4.78, 5) is 6.45. The SMILES string of the molecule is CN=C(NCc1ccc(N(C)C)cc1C)NCc1ccc(C)cc1OCCOC.I. The number of rotatable bonds is 9. The summed E-state index contributed by atoms with van der Waals surface area (Å²) in [5, 5.41) is 6.77. The fourth-order valence-electron chi connectivity index (χ4n) is 2.91. The Morgan fingerprint density at radius 3 is 2.23 bits per heavy atom. The number of guanidine groups is 1. The van der Waals surface area contributed by atoms with Crippen LogP contribution in [0.25, 0.3) is 0 Å². The minimum atomic E-state index is 0. The smallest absolute Gasteiger partial charge is 0.191 e. The van der Waals surface area contributed by atoms with E-state index in [9.17, 15) is 0 Å². The Balaban J connectivity index is 0.00000450. The van der Waals surface area contributed by atoms with Crippen molar-refractivity contribution < 1.29 is 9.47 Å². The molecule has 0 heterocycles. The van der Waals surface area contributed by atoms with Gasteiger partial charge in [0.1, 0.15) is 12.4 Å². The molecule has 0 saturated carbocycles. The molecule has 0 fully saturated rings. The van der Waals surface area contributed by atoms with Gasteiger partial charge in [0, 0.05) is 52.6 Å². The number of aryl methyl sites for hydroxylation is 2. The molecule has 30 heavy (non-hydrogen) atoms. The lowest BCUT2D eigenvalue weighted by Gasteiger charge is -2.17. The third-order valence-electron chi connectivity index (χ3n) is 4.73. The first-order valence-electron chi connectivity index (χ1n) is 9.87. The largest absolute Gasteiger partial charge is 0.491 e. The van der Waals surface area contributed by atoms with Crippen LogP contribution in [0.15, 0.2) is 41.4 Å². The van der Waals surface area contributed by atoms with Crippen molar-refractivity contribution in [1.29, 1.82) is 0 Å². The molecule has 2 aromatic carbocycles. The molecule has 0 saturated heterocycles. The fraction of sp³-hybridized carbons (Fsp3) is 0.435. The number of nitrogens with zero attached hydrogens (tertiary/aromatic N) is 2. The number of benzene rings is 2. The third-order valence-corrected chi connectivity index (χ3v) is 4.73.